The van der Waals surface area contributed by atoms with E-state index in [-0.39, 0.29) is 25.0 Å². The van der Waals surface area contributed by atoms with Gasteiger partial charge in [-0.25, -0.2) is 4.79 Å². The summed E-state index contributed by atoms with van der Waals surface area (Å²) in [6.45, 7) is 5.66. The number of hydrogen-bond acceptors (Lipinski definition) is 3. The Kier molecular flexibility index (Phi) is 3.84. The van der Waals surface area contributed by atoms with Crippen LogP contribution in [0.15, 0.2) is 0 Å². The van der Waals surface area contributed by atoms with Gasteiger partial charge in [0.25, 0.3) is 0 Å². The minimum atomic E-state index is -4.87. The summed E-state index contributed by atoms with van der Waals surface area (Å²) in [5.41, 5.74) is -0.654. The molecule has 0 aromatic rings. The molecule has 21 heavy (non-hydrogen) atoms. The third kappa shape index (κ3) is 3.41. The van der Waals surface area contributed by atoms with Gasteiger partial charge in [-0.3, -0.25) is 4.79 Å². The number of halogens is 3. The maximum Gasteiger partial charge on any atom is 0.471 e. The van der Waals surface area contributed by atoms with Crippen LogP contribution in [-0.2, 0) is 9.53 Å². The maximum atomic E-state index is 12.5. The van der Waals surface area contributed by atoms with Gasteiger partial charge in [-0.2, -0.15) is 13.2 Å². The van der Waals surface area contributed by atoms with Crippen LogP contribution in [-0.4, -0.2) is 59.3 Å². The summed E-state index contributed by atoms with van der Waals surface area (Å²) < 4.78 is 42.6. The van der Waals surface area contributed by atoms with Crippen molar-refractivity contribution in [2.75, 3.05) is 19.6 Å². The first-order valence-corrected chi connectivity index (χ1v) is 6.85. The first-order valence-electron chi connectivity index (χ1n) is 6.85. The summed E-state index contributed by atoms with van der Waals surface area (Å²) in [6.07, 6.45) is -4.93. The summed E-state index contributed by atoms with van der Waals surface area (Å²) in [6, 6.07) is -0.375. The van der Waals surface area contributed by atoms with Crippen LogP contribution in [0.1, 0.15) is 27.2 Å². The summed E-state index contributed by atoms with van der Waals surface area (Å²) >= 11 is 0. The molecule has 0 bridgehead atoms. The van der Waals surface area contributed by atoms with Gasteiger partial charge in [-0.1, -0.05) is 0 Å². The molecule has 2 saturated heterocycles. The van der Waals surface area contributed by atoms with Crippen LogP contribution in [0.3, 0.4) is 0 Å². The fourth-order valence-electron chi connectivity index (χ4n) is 2.69. The Balaban J connectivity index is 1.97. The van der Waals surface area contributed by atoms with E-state index in [1.54, 1.807) is 20.8 Å². The van der Waals surface area contributed by atoms with E-state index in [4.69, 9.17) is 4.74 Å². The smallest absolute Gasteiger partial charge is 0.444 e. The van der Waals surface area contributed by atoms with Crippen LogP contribution in [0.2, 0.25) is 0 Å². The van der Waals surface area contributed by atoms with Gasteiger partial charge in [-0.05, 0) is 27.2 Å². The molecular weight excluding hydrogens is 289 g/mol. The third-order valence-corrected chi connectivity index (χ3v) is 3.71. The Labute approximate surface area is 121 Å². The topological polar surface area (TPSA) is 49.9 Å². The lowest BCUT2D eigenvalue weighted by Gasteiger charge is -2.52. The second-order valence-corrected chi connectivity index (χ2v) is 6.50. The molecule has 2 unspecified atom stereocenters. The van der Waals surface area contributed by atoms with E-state index in [0.29, 0.717) is 13.0 Å². The summed E-state index contributed by atoms with van der Waals surface area (Å²) in [4.78, 5) is 25.4. The molecule has 2 amide bonds. The van der Waals surface area contributed by atoms with Crippen molar-refractivity contribution in [3.05, 3.63) is 0 Å². The Morgan fingerprint density at radius 1 is 1.14 bits per heavy atom. The van der Waals surface area contributed by atoms with Crippen molar-refractivity contribution in [2.24, 2.45) is 5.92 Å². The highest BCUT2D eigenvalue weighted by molar-refractivity contribution is 5.82. The molecule has 120 valence electrons. The number of alkyl halides is 3. The standard InChI is InChI=1S/C13H19F3N2O3/c1-12(2,3)21-11(20)18-6-8-4-5-17(7-9(8)18)10(19)13(14,15)16/h8-9H,4-7H2,1-3H3. The second kappa shape index (κ2) is 5.06. The monoisotopic (exact) mass is 308 g/mol. The van der Waals surface area contributed by atoms with Crippen molar-refractivity contribution < 1.29 is 27.5 Å². The molecule has 0 aliphatic carbocycles. The van der Waals surface area contributed by atoms with E-state index in [0.717, 1.165) is 4.90 Å². The van der Waals surface area contributed by atoms with Gasteiger partial charge in [0.05, 0.1) is 6.04 Å². The molecule has 0 aromatic heterocycles. The van der Waals surface area contributed by atoms with E-state index in [2.05, 4.69) is 0 Å². The van der Waals surface area contributed by atoms with Crippen LogP contribution in [0.4, 0.5) is 18.0 Å². The average Bonchev–Trinajstić information content (AvgIpc) is 2.26. The SMILES string of the molecule is CC(C)(C)OC(=O)N1CC2CCN(C(=O)C(F)(F)F)CC21. The van der Waals surface area contributed by atoms with Gasteiger partial charge < -0.3 is 14.5 Å². The predicted octanol–water partition coefficient (Wildman–Crippen LogP) is 2.02. The number of carbonyl (C=O) groups excluding carboxylic acids is 2. The summed E-state index contributed by atoms with van der Waals surface area (Å²) in [5, 5.41) is 0. The fourth-order valence-corrected chi connectivity index (χ4v) is 2.69. The lowest BCUT2D eigenvalue weighted by atomic mass is 9.82. The van der Waals surface area contributed by atoms with Crippen molar-refractivity contribution in [1.29, 1.82) is 0 Å². The van der Waals surface area contributed by atoms with Crippen LogP contribution in [0.5, 0.6) is 0 Å². The van der Waals surface area contributed by atoms with E-state index in [1.165, 1.54) is 4.90 Å². The van der Waals surface area contributed by atoms with Crippen molar-refractivity contribution in [3.63, 3.8) is 0 Å². The highest BCUT2D eigenvalue weighted by Gasteiger charge is 2.51. The Morgan fingerprint density at radius 2 is 1.76 bits per heavy atom. The number of piperidine rings is 1. The van der Waals surface area contributed by atoms with Gasteiger partial charge >= 0.3 is 18.2 Å². The molecule has 2 fully saturated rings. The molecule has 2 rings (SSSR count). The number of ether oxygens (including phenoxy) is 1. The number of carbonyl (C=O) groups is 2. The molecule has 8 heteroatoms. The van der Waals surface area contributed by atoms with Gasteiger partial charge in [0.2, 0.25) is 0 Å². The lowest BCUT2D eigenvalue weighted by molar-refractivity contribution is -0.190. The van der Waals surface area contributed by atoms with Gasteiger partial charge in [0, 0.05) is 25.6 Å². The number of rotatable bonds is 0. The zero-order chi connectivity index (χ0) is 16.0. The molecule has 2 heterocycles. The molecule has 2 atom stereocenters. The van der Waals surface area contributed by atoms with Crippen LogP contribution in [0, 0.1) is 5.92 Å². The number of likely N-dealkylation sites (tertiary alicyclic amines) is 2. The largest absolute Gasteiger partial charge is 0.471 e. The molecule has 0 aromatic carbocycles. The van der Waals surface area contributed by atoms with Gasteiger partial charge in [0.15, 0.2) is 0 Å². The first kappa shape index (κ1) is 15.9. The number of hydrogen-bond donors (Lipinski definition) is 0. The molecular formula is C13H19F3N2O3. The second-order valence-electron chi connectivity index (χ2n) is 6.50. The Morgan fingerprint density at radius 3 is 2.29 bits per heavy atom. The lowest BCUT2D eigenvalue weighted by Crippen LogP contribution is -2.67. The van der Waals surface area contributed by atoms with Crippen LogP contribution < -0.4 is 0 Å². The third-order valence-electron chi connectivity index (χ3n) is 3.71. The molecule has 0 saturated carbocycles. The minimum absolute atomic E-state index is 0.0811. The van der Waals surface area contributed by atoms with Crippen molar-refractivity contribution in [3.8, 4) is 0 Å². The minimum Gasteiger partial charge on any atom is -0.444 e. The first-order chi connectivity index (χ1) is 9.49. The Hall–Kier alpha value is -1.47. The van der Waals surface area contributed by atoms with Crippen LogP contribution in [0.25, 0.3) is 0 Å². The maximum absolute atomic E-state index is 12.5. The molecule has 5 nitrogen and oxygen atoms in total. The summed E-state index contributed by atoms with van der Waals surface area (Å²) in [7, 11) is 0. The Bertz CT molecular complexity index is 445. The van der Waals surface area contributed by atoms with Crippen LogP contribution >= 0.6 is 0 Å². The zero-order valence-electron chi connectivity index (χ0n) is 12.2. The number of amides is 2. The van der Waals surface area contributed by atoms with Crippen molar-refractivity contribution in [2.45, 2.75) is 45.0 Å². The fraction of sp³-hybridized carbons (Fsp3) is 0.846. The number of nitrogens with zero attached hydrogens (tertiary/aromatic N) is 2. The van der Waals surface area contributed by atoms with Crippen molar-refractivity contribution >= 4 is 12.0 Å². The van der Waals surface area contributed by atoms with E-state index in [1.807, 2.05) is 0 Å². The van der Waals surface area contributed by atoms with Gasteiger partial charge in [-0.15, -0.1) is 0 Å². The molecule has 0 radical (unpaired) electrons. The summed E-state index contributed by atoms with van der Waals surface area (Å²) in [5.74, 6) is -1.69. The molecule has 2 aliphatic heterocycles. The van der Waals surface area contributed by atoms with Crippen molar-refractivity contribution in [1.82, 2.24) is 9.80 Å². The van der Waals surface area contributed by atoms with E-state index >= 15 is 0 Å². The van der Waals surface area contributed by atoms with Gasteiger partial charge in [0.1, 0.15) is 5.60 Å². The molecule has 2 aliphatic rings. The highest BCUT2D eigenvalue weighted by atomic mass is 19.4. The quantitative estimate of drug-likeness (QED) is 0.688. The zero-order valence-corrected chi connectivity index (χ0v) is 12.2. The van der Waals surface area contributed by atoms with E-state index < -0.39 is 23.8 Å². The van der Waals surface area contributed by atoms with E-state index in [9.17, 15) is 22.8 Å². The normalized spacial score (nSPS) is 26.0. The molecule has 0 N–H and O–H groups in total. The highest BCUT2D eigenvalue weighted by Crippen LogP contribution is 2.35. The number of fused-ring (bicyclic) bond motifs is 1. The predicted molar refractivity (Wildman–Crippen MR) is 67.5 cm³/mol. The molecule has 0 spiro atoms. The average molecular weight is 308 g/mol.